The van der Waals surface area contributed by atoms with Crippen LogP contribution in [0.4, 0.5) is 5.69 Å². The van der Waals surface area contributed by atoms with Crippen molar-refractivity contribution in [2.75, 3.05) is 19.0 Å². The number of pyridine rings is 1. The van der Waals surface area contributed by atoms with Gasteiger partial charge < -0.3 is 4.90 Å². The van der Waals surface area contributed by atoms with Crippen LogP contribution in [-0.2, 0) is 0 Å². The predicted molar refractivity (Wildman–Crippen MR) is 82.3 cm³/mol. The van der Waals surface area contributed by atoms with Crippen molar-refractivity contribution in [1.82, 2.24) is 4.98 Å². The molecular weight excluding hydrogens is 256 g/mol. The lowest BCUT2D eigenvalue weighted by Crippen LogP contribution is -2.08. The number of hydrogen-bond acceptors (Lipinski definition) is 2. The van der Waals surface area contributed by atoms with Crippen molar-refractivity contribution >= 4 is 28.2 Å². The van der Waals surface area contributed by atoms with Crippen LogP contribution in [0.1, 0.15) is 37.3 Å². The van der Waals surface area contributed by atoms with Crippen molar-refractivity contribution in [3.63, 3.8) is 0 Å². The van der Waals surface area contributed by atoms with Gasteiger partial charge in [-0.05, 0) is 37.1 Å². The molecule has 2 nitrogen and oxygen atoms in total. The summed E-state index contributed by atoms with van der Waals surface area (Å²) in [6, 6.07) is 8.36. The van der Waals surface area contributed by atoms with Crippen LogP contribution in [0, 0.1) is 0 Å². The Bertz CT molecular complexity index is 601. The monoisotopic (exact) mass is 274 g/mol. The van der Waals surface area contributed by atoms with Crippen LogP contribution >= 0.6 is 11.6 Å². The Morgan fingerprint density at radius 3 is 2.58 bits per heavy atom. The van der Waals surface area contributed by atoms with Gasteiger partial charge in [0.15, 0.2) is 0 Å². The molecule has 100 valence electrons. The minimum absolute atomic E-state index is 0.607. The quantitative estimate of drug-likeness (QED) is 0.795. The van der Waals surface area contributed by atoms with Gasteiger partial charge in [0.25, 0.3) is 0 Å². The van der Waals surface area contributed by atoms with Gasteiger partial charge >= 0.3 is 0 Å². The molecule has 1 aliphatic rings. The number of nitrogens with zero attached hydrogens (tertiary/aromatic N) is 2. The highest BCUT2D eigenvalue weighted by Crippen LogP contribution is 2.36. The van der Waals surface area contributed by atoms with Gasteiger partial charge in [-0.1, -0.05) is 24.4 Å². The van der Waals surface area contributed by atoms with E-state index in [9.17, 15) is 0 Å². The largest absolute Gasteiger partial charge is 0.378 e. The van der Waals surface area contributed by atoms with Crippen LogP contribution in [0.2, 0.25) is 5.02 Å². The molecule has 0 radical (unpaired) electrons. The lowest BCUT2D eigenvalue weighted by Gasteiger charge is -2.15. The van der Waals surface area contributed by atoms with Crippen LogP contribution in [-0.4, -0.2) is 19.1 Å². The van der Waals surface area contributed by atoms with Crippen molar-refractivity contribution in [1.29, 1.82) is 0 Å². The zero-order valence-corrected chi connectivity index (χ0v) is 12.2. The number of hydrogen-bond donors (Lipinski definition) is 0. The van der Waals surface area contributed by atoms with Gasteiger partial charge in [-0.3, -0.25) is 4.98 Å². The molecule has 0 atom stereocenters. The zero-order chi connectivity index (χ0) is 13.4. The topological polar surface area (TPSA) is 16.1 Å². The second kappa shape index (κ2) is 5.01. The smallest absolute Gasteiger partial charge is 0.0721 e. The summed E-state index contributed by atoms with van der Waals surface area (Å²) >= 11 is 6.46. The molecule has 0 amide bonds. The number of halogens is 1. The standard InChI is InChI=1S/C16H19ClN2/c1-19(2)12-7-8-15-13(9-12)14(17)10-16(18-15)11-5-3-4-6-11/h7-11H,3-6H2,1-2H3. The number of benzene rings is 1. The van der Waals surface area contributed by atoms with E-state index in [0.29, 0.717) is 5.92 Å². The highest BCUT2D eigenvalue weighted by Gasteiger charge is 2.19. The van der Waals surface area contributed by atoms with Gasteiger partial charge in [-0.25, -0.2) is 0 Å². The third-order valence-electron chi connectivity index (χ3n) is 4.05. The van der Waals surface area contributed by atoms with Crippen molar-refractivity contribution in [3.8, 4) is 0 Å². The van der Waals surface area contributed by atoms with Crippen molar-refractivity contribution in [2.24, 2.45) is 0 Å². The molecule has 1 saturated carbocycles. The van der Waals surface area contributed by atoms with Crippen LogP contribution in [0.3, 0.4) is 0 Å². The Kier molecular flexibility index (Phi) is 3.36. The van der Waals surface area contributed by atoms with E-state index >= 15 is 0 Å². The molecule has 0 unspecified atom stereocenters. The summed E-state index contributed by atoms with van der Waals surface area (Å²) in [4.78, 5) is 6.90. The SMILES string of the molecule is CN(C)c1ccc2nc(C3CCCC3)cc(Cl)c2c1. The van der Waals surface area contributed by atoms with E-state index in [0.717, 1.165) is 21.6 Å². The highest BCUT2D eigenvalue weighted by molar-refractivity contribution is 6.35. The minimum atomic E-state index is 0.607. The molecule has 0 spiro atoms. The molecule has 0 N–H and O–H groups in total. The molecule has 1 heterocycles. The van der Waals surface area contributed by atoms with Crippen LogP contribution < -0.4 is 4.90 Å². The average molecular weight is 275 g/mol. The number of anilines is 1. The maximum atomic E-state index is 6.46. The molecule has 1 fully saturated rings. The first-order chi connectivity index (χ1) is 9.15. The predicted octanol–water partition coefficient (Wildman–Crippen LogP) is 4.61. The normalized spacial score (nSPS) is 16.2. The number of fused-ring (bicyclic) bond motifs is 1. The molecule has 0 saturated heterocycles. The molecule has 1 aliphatic carbocycles. The summed E-state index contributed by atoms with van der Waals surface area (Å²) in [6.45, 7) is 0. The number of rotatable bonds is 2. The second-order valence-electron chi connectivity index (χ2n) is 5.61. The van der Waals surface area contributed by atoms with E-state index in [2.05, 4.69) is 29.2 Å². The Balaban J connectivity index is 2.08. The lowest BCUT2D eigenvalue weighted by molar-refractivity contribution is 0.701. The maximum Gasteiger partial charge on any atom is 0.0721 e. The van der Waals surface area contributed by atoms with Crippen molar-refractivity contribution < 1.29 is 0 Å². The molecule has 3 heteroatoms. The maximum absolute atomic E-state index is 6.46. The molecular formula is C16H19ClN2. The first-order valence-corrected chi connectivity index (χ1v) is 7.30. The Morgan fingerprint density at radius 2 is 1.89 bits per heavy atom. The van der Waals surface area contributed by atoms with Crippen LogP contribution in [0.25, 0.3) is 10.9 Å². The molecule has 19 heavy (non-hydrogen) atoms. The highest BCUT2D eigenvalue weighted by atomic mass is 35.5. The van der Waals surface area contributed by atoms with Crippen LogP contribution in [0.5, 0.6) is 0 Å². The second-order valence-corrected chi connectivity index (χ2v) is 6.01. The molecule has 3 rings (SSSR count). The third kappa shape index (κ3) is 2.42. The number of aromatic nitrogens is 1. The third-order valence-corrected chi connectivity index (χ3v) is 4.36. The molecule has 2 aromatic rings. The van der Waals surface area contributed by atoms with Crippen LogP contribution in [0.15, 0.2) is 24.3 Å². The summed E-state index contributed by atoms with van der Waals surface area (Å²) in [5, 5.41) is 1.88. The Hall–Kier alpha value is -1.28. The fourth-order valence-corrected chi connectivity index (χ4v) is 3.16. The van der Waals surface area contributed by atoms with Gasteiger partial charge in [0.1, 0.15) is 0 Å². The average Bonchev–Trinajstić information content (AvgIpc) is 2.92. The fraction of sp³-hybridized carbons (Fsp3) is 0.438. The van der Waals surface area contributed by atoms with Gasteiger partial charge in [0, 0.05) is 36.8 Å². The van der Waals surface area contributed by atoms with E-state index < -0.39 is 0 Å². The summed E-state index contributed by atoms with van der Waals surface area (Å²) in [6.07, 6.45) is 5.15. The van der Waals surface area contributed by atoms with Gasteiger partial charge in [-0.15, -0.1) is 0 Å². The van der Waals surface area contributed by atoms with Gasteiger partial charge in [0.2, 0.25) is 0 Å². The van der Waals surface area contributed by atoms with E-state index in [1.54, 1.807) is 0 Å². The molecule has 0 bridgehead atoms. The van der Waals surface area contributed by atoms with E-state index in [1.807, 2.05) is 14.1 Å². The Labute approximate surface area is 119 Å². The lowest BCUT2D eigenvalue weighted by atomic mass is 10.0. The van der Waals surface area contributed by atoms with E-state index in [1.165, 1.54) is 31.4 Å². The summed E-state index contributed by atoms with van der Waals surface area (Å²) in [7, 11) is 4.07. The zero-order valence-electron chi connectivity index (χ0n) is 11.5. The molecule has 1 aromatic heterocycles. The molecule has 0 aliphatic heterocycles. The molecule has 1 aromatic carbocycles. The van der Waals surface area contributed by atoms with E-state index in [4.69, 9.17) is 16.6 Å². The summed E-state index contributed by atoms with van der Waals surface area (Å²) < 4.78 is 0. The first kappa shape index (κ1) is 12.7. The van der Waals surface area contributed by atoms with Gasteiger partial charge in [-0.2, -0.15) is 0 Å². The Morgan fingerprint density at radius 1 is 1.16 bits per heavy atom. The minimum Gasteiger partial charge on any atom is -0.378 e. The summed E-state index contributed by atoms with van der Waals surface area (Å²) in [5.74, 6) is 0.607. The summed E-state index contributed by atoms with van der Waals surface area (Å²) in [5.41, 5.74) is 3.34. The first-order valence-electron chi connectivity index (χ1n) is 6.92. The fourth-order valence-electron chi connectivity index (χ4n) is 2.90. The van der Waals surface area contributed by atoms with Crippen molar-refractivity contribution in [2.45, 2.75) is 31.6 Å². The van der Waals surface area contributed by atoms with Crippen molar-refractivity contribution in [3.05, 3.63) is 35.0 Å². The van der Waals surface area contributed by atoms with Gasteiger partial charge in [0.05, 0.1) is 10.5 Å². The van der Waals surface area contributed by atoms with E-state index in [-0.39, 0.29) is 0 Å².